The van der Waals surface area contributed by atoms with Gasteiger partial charge in [-0.3, -0.25) is 0 Å². The van der Waals surface area contributed by atoms with Gasteiger partial charge < -0.3 is 15.7 Å². The van der Waals surface area contributed by atoms with Gasteiger partial charge in [0.2, 0.25) is 0 Å². The number of hydrogen-bond donors (Lipinski definition) is 3. The number of carbonyl (C=O) groups excluding carboxylic acids is 1. The summed E-state index contributed by atoms with van der Waals surface area (Å²) in [7, 11) is 0. The number of anilines is 1. The molecule has 0 spiro atoms. The van der Waals surface area contributed by atoms with Crippen LogP contribution in [0.15, 0.2) is 72.8 Å². The zero-order chi connectivity index (χ0) is 16.1. The van der Waals surface area contributed by atoms with E-state index in [2.05, 4.69) is 10.6 Å². The van der Waals surface area contributed by atoms with Gasteiger partial charge in [-0.1, -0.05) is 60.7 Å². The number of para-hydroxylation sites is 1. The molecule has 3 aromatic rings. The summed E-state index contributed by atoms with van der Waals surface area (Å²) in [5.41, 5.74) is 1.52. The second-order valence-corrected chi connectivity index (χ2v) is 5.29. The maximum atomic E-state index is 11.9. The van der Waals surface area contributed by atoms with E-state index in [-0.39, 0.29) is 12.6 Å². The highest BCUT2D eigenvalue weighted by Gasteiger charge is 2.12. The second-order valence-electron chi connectivity index (χ2n) is 5.29. The molecule has 0 aliphatic heterocycles. The lowest BCUT2D eigenvalue weighted by Gasteiger charge is -2.15. The van der Waals surface area contributed by atoms with E-state index in [1.54, 1.807) is 12.1 Å². The number of nitrogens with one attached hydrogen (secondary N) is 2. The molecule has 0 fully saturated rings. The second kappa shape index (κ2) is 6.94. The molecule has 0 aliphatic rings. The number of aliphatic hydroxyl groups is 1. The molecule has 3 aromatic carbocycles. The van der Waals surface area contributed by atoms with Gasteiger partial charge in [-0.2, -0.15) is 0 Å². The van der Waals surface area contributed by atoms with Crippen LogP contribution in [0.2, 0.25) is 0 Å². The third-order valence-electron chi connectivity index (χ3n) is 3.67. The average molecular weight is 306 g/mol. The lowest BCUT2D eigenvalue weighted by Crippen LogP contribution is -2.32. The number of aliphatic hydroxyl groups excluding tert-OH is 1. The molecule has 0 saturated heterocycles. The van der Waals surface area contributed by atoms with Crippen LogP contribution in [0.5, 0.6) is 0 Å². The number of carbonyl (C=O) groups is 1. The van der Waals surface area contributed by atoms with E-state index < -0.39 is 6.10 Å². The topological polar surface area (TPSA) is 61.4 Å². The van der Waals surface area contributed by atoms with E-state index in [1.165, 1.54) is 0 Å². The van der Waals surface area contributed by atoms with Gasteiger partial charge in [-0.15, -0.1) is 0 Å². The van der Waals surface area contributed by atoms with Crippen molar-refractivity contribution in [2.75, 3.05) is 11.9 Å². The highest BCUT2D eigenvalue weighted by Crippen LogP contribution is 2.23. The van der Waals surface area contributed by atoms with Gasteiger partial charge in [0.25, 0.3) is 0 Å². The highest BCUT2D eigenvalue weighted by molar-refractivity contribution is 5.89. The number of fused-ring (bicyclic) bond motifs is 1. The molecule has 4 nitrogen and oxygen atoms in total. The molecular formula is C19H18N2O2. The van der Waals surface area contributed by atoms with Crippen LogP contribution in [0.4, 0.5) is 10.5 Å². The van der Waals surface area contributed by atoms with Crippen molar-refractivity contribution in [3.63, 3.8) is 0 Å². The molecule has 23 heavy (non-hydrogen) atoms. The molecule has 3 N–H and O–H groups in total. The summed E-state index contributed by atoms with van der Waals surface area (Å²) in [5, 5.41) is 17.9. The fraction of sp³-hybridized carbons (Fsp3) is 0.105. The van der Waals surface area contributed by atoms with Gasteiger partial charge >= 0.3 is 6.03 Å². The van der Waals surface area contributed by atoms with E-state index in [9.17, 15) is 9.90 Å². The van der Waals surface area contributed by atoms with Crippen LogP contribution in [-0.4, -0.2) is 17.7 Å². The number of hydrogen-bond acceptors (Lipinski definition) is 2. The van der Waals surface area contributed by atoms with Crippen LogP contribution in [0.3, 0.4) is 0 Å². The lowest BCUT2D eigenvalue weighted by molar-refractivity contribution is 0.176. The Bertz CT molecular complexity index is 797. The summed E-state index contributed by atoms with van der Waals surface area (Å²) in [6.45, 7) is 0.146. The van der Waals surface area contributed by atoms with Crippen molar-refractivity contribution >= 4 is 22.5 Å². The van der Waals surface area contributed by atoms with Crippen LogP contribution < -0.4 is 10.6 Å². The van der Waals surface area contributed by atoms with Gasteiger partial charge in [0, 0.05) is 12.2 Å². The predicted molar refractivity (Wildman–Crippen MR) is 92.4 cm³/mol. The third-order valence-corrected chi connectivity index (χ3v) is 3.67. The van der Waals surface area contributed by atoms with Crippen molar-refractivity contribution in [2.45, 2.75) is 6.10 Å². The maximum Gasteiger partial charge on any atom is 0.319 e. The molecule has 0 heterocycles. The predicted octanol–water partition coefficient (Wildman–Crippen LogP) is 3.69. The molecule has 4 heteroatoms. The zero-order valence-corrected chi connectivity index (χ0v) is 12.6. The van der Waals surface area contributed by atoms with E-state index in [0.717, 1.165) is 16.3 Å². The van der Waals surface area contributed by atoms with Gasteiger partial charge in [0.05, 0.1) is 6.10 Å². The van der Waals surface area contributed by atoms with Crippen molar-refractivity contribution in [2.24, 2.45) is 0 Å². The van der Waals surface area contributed by atoms with Crippen LogP contribution in [0, 0.1) is 0 Å². The standard InChI is InChI=1S/C19H18N2O2/c22-18(13-20-19(23)21-15-9-2-1-3-10-15)17-12-6-8-14-7-4-5-11-16(14)17/h1-12,18,22H,13H2,(H2,20,21,23). The Labute approximate surface area is 134 Å². The lowest BCUT2D eigenvalue weighted by atomic mass is 10.0. The summed E-state index contributed by atoms with van der Waals surface area (Å²) < 4.78 is 0. The first-order valence-corrected chi connectivity index (χ1v) is 7.49. The van der Waals surface area contributed by atoms with Crippen molar-refractivity contribution in [1.82, 2.24) is 5.32 Å². The Balaban J connectivity index is 1.65. The fourth-order valence-electron chi connectivity index (χ4n) is 2.54. The minimum absolute atomic E-state index is 0.146. The number of amides is 2. The molecule has 0 saturated carbocycles. The quantitative estimate of drug-likeness (QED) is 0.688. The van der Waals surface area contributed by atoms with Gasteiger partial charge in [0.1, 0.15) is 0 Å². The smallest absolute Gasteiger partial charge is 0.319 e. The Morgan fingerprint density at radius 1 is 0.913 bits per heavy atom. The van der Waals surface area contributed by atoms with Crippen LogP contribution >= 0.6 is 0 Å². The minimum Gasteiger partial charge on any atom is -0.387 e. The fourth-order valence-corrected chi connectivity index (χ4v) is 2.54. The molecule has 0 aromatic heterocycles. The third kappa shape index (κ3) is 3.67. The normalized spacial score (nSPS) is 11.9. The van der Waals surface area contributed by atoms with Gasteiger partial charge in [0.15, 0.2) is 0 Å². The molecule has 1 unspecified atom stereocenters. The SMILES string of the molecule is O=C(NCC(O)c1cccc2ccccc12)Nc1ccccc1. The number of rotatable bonds is 4. The summed E-state index contributed by atoms with van der Waals surface area (Å²) in [6.07, 6.45) is -0.761. The Morgan fingerprint density at radius 3 is 2.43 bits per heavy atom. The highest BCUT2D eigenvalue weighted by atomic mass is 16.3. The first-order valence-electron chi connectivity index (χ1n) is 7.49. The molecule has 0 aliphatic carbocycles. The van der Waals surface area contributed by atoms with E-state index in [1.807, 2.05) is 60.7 Å². The largest absolute Gasteiger partial charge is 0.387 e. The molecule has 2 amide bonds. The average Bonchev–Trinajstić information content (AvgIpc) is 2.60. The van der Waals surface area contributed by atoms with Crippen LogP contribution in [-0.2, 0) is 0 Å². The van der Waals surface area contributed by atoms with Crippen LogP contribution in [0.1, 0.15) is 11.7 Å². The minimum atomic E-state index is -0.761. The van der Waals surface area contributed by atoms with E-state index in [0.29, 0.717) is 5.69 Å². The Kier molecular flexibility index (Phi) is 4.54. The zero-order valence-electron chi connectivity index (χ0n) is 12.6. The molecule has 1 atom stereocenters. The Hall–Kier alpha value is -2.85. The van der Waals surface area contributed by atoms with Crippen molar-refractivity contribution in [3.05, 3.63) is 78.4 Å². The van der Waals surface area contributed by atoms with Crippen LogP contribution in [0.25, 0.3) is 10.8 Å². The first-order chi connectivity index (χ1) is 11.2. The summed E-state index contributed by atoms with van der Waals surface area (Å²) >= 11 is 0. The summed E-state index contributed by atoms with van der Waals surface area (Å²) in [6, 6.07) is 22.5. The van der Waals surface area contributed by atoms with E-state index in [4.69, 9.17) is 0 Å². The van der Waals surface area contributed by atoms with Crippen molar-refractivity contribution < 1.29 is 9.90 Å². The molecule has 0 bridgehead atoms. The van der Waals surface area contributed by atoms with Gasteiger partial charge in [-0.25, -0.2) is 4.79 Å². The molecule has 116 valence electrons. The maximum absolute atomic E-state index is 11.9. The van der Waals surface area contributed by atoms with E-state index >= 15 is 0 Å². The first kappa shape index (κ1) is 15.1. The monoisotopic (exact) mass is 306 g/mol. The Morgan fingerprint density at radius 2 is 1.61 bits per heavy atom. The number of urea groups is 1. The van der Waals surface area contributed by atoms with Gasteiger partial charge in [-0.05, 0) is 28.5 Å². The number of benzene rings is 3. The van der Waals surface area contributed by atoms with Crippen molar-refractivity contribution in [1.29, 1.82) is 0 Å². The summed E-state index contributed by atoms with van der Waals surface area (Å²) in [4.78, 5) is 11.9. The molecule has 0 radical (unpaired) electrons. The molecule has 3 rings (SSSR count). The van der Waals surface area contributed by atoms with Crippen molar-refractivity contribution in [3.8, 4) is 0 Å². The molecular weight excluding hydrogens is 288 g/mol. The summed E-state index contributed by atoms with van der Waals surface area (Å²) in [5.74, 6) is 0.